The summed E-state index contributed by atoms with van der Waals surface area (Å²) in [5, 5.41) is 4.11. The minimum Gasteiger partial charge on any atom is -0.462 e. The van der Waals surface area contributed by atoms with E-state index in [2.05, 4.69) is 15.0 Å². The van der Waals surface area contributed by atoms with Crippen LogP contribution < -0.4 is 0 Å². The number of furan rings is 1. The minimum atomic E-state index is 0.109. The van der Waals surface area contributed by atoms with E-state index >= 15 is 0 Å². The molecule has 1 atom stereocenters. The Morgan fingerprint density at radius 2 is 2.00 bits per heavy atom. The summed E-state index contributed by atoms with van der Waals surface area (Å²) < 4.78 is 17.2. The number of nitrogens with zero attached hydrogens (tertiary/aromatic N) is 3. The van der Waals surface area contributed by atoms with Crippen LogP contribution in [-0.4, -0.2) is 28.7 Å². The second-order valence-corrected chi connectivity index (χ2v) is 6.73. The molecular formula is C20H23N3O3. The molecule has 4 heterocycles. The van der Waals surface area contributed by atoms with Crippen molar-refractivity contribution in [2.45, 2.75) is 38.5 Å². The van der Waals surface area contributed by atoms with E-state index < -0.39 is 0 Å². The highest BCUT2D eigenvalue weighted by molar-refractivity contribution is 5.52. The molecule has 1 fully saturated rings. The first-order valence-electron chi connectivity index (χ1n) is 9.04. The predicted octanol–water partition coefficient (Wildman–Crippen LogP) is 4.20. The summed E-state index contributed by atoms with van der Waals surface area (Å²) in [4.78, 5) is 6.43. The van der Waals surface area contributed by atoms with Crippen molar-refractivity contribution in [3.63, 3.8) is 0 Å². The number of pyridine rings is 1. The Morgan fingerprint density at radius 3 is 2.81 bits per heavy atom. The van der Waals surface area contributed by atoms with Gasteiger partial charge in [0.25, 0.3) is 0 Å². The molecule has 3 aromatic heterocycles. The number of ether oxygens (including phenoxy) is 1. The summed E-state index contributed by atoms with van der Waals surface area (Å²) >= 11 is 0. The van der Waals surface area contributed by atoms with Gasteiger partial charge in [-0.1, -0.05) is 11.2 Å². The molecule has 0 bridgehead atoms. The standard InChI is InChI=1S/C20H23N3O3/c1-23(13-15-8-9-20(25-15)19-7-3-5-11-24-19)14-16-12-18(22-26-16)17-6-2-4-10-21-17/h2,4,6,8-10,12,19H,3,5,7,11,13-14H2,1H3/t19-/m0/s1. The van der Waals surface area contributed by atoms with Crippen molar-refractivity contribution >= 4 is 0 Å². The quantitative estimate of drug-likeness (QED) is 0.662. The molecule has 0 spiro atoms. The first-order chi connectivity index (χ1) is 12.8. The van der Waals surface area contributed by atoms with Crippen LogP contribution in [0.15, 0.2) is 51.5 Å². The Hall–Kier alpha value is -2.44. The van der Waals surface area contributed by atoms with Crippen LogP contribution in [0.25, 0.3) is 11.4 Å². The Morgan fingerprint density at radius 1 is 1.08 bits per heavy atom. The summed E-state index contributed by atoms with van der Waals surface area (Å²) in [6, 6.07) is 11.7. The maximum atomic E-state index is 5.98. The van der Waals surface area contributed by atoms with Gasteiger partial charge in [-0.05, 0) is 50.6 Å². The molecule has 0 N–H and O–H groups in total. The van der Waals surface area contributed by atoms with Crippen molar-refractivity contribution in [3.8, 4) is 11.4 Å². The lowest BCUT2D eigenvalue weighted by Crippen LogP contribution is -2.16. The normalized spacial score (nSPS) is 17.7. The Bertz CT molecular complexity index is 822. The zero-order chi connectivity index (χ0) is 17.8. The summed E-state index contributed by atoms with van der Waals surface area (Å²) in [6.07, 6.45) is 5.24. The fraction of sp³-hybridized carbons (Fsp3) is 0.400. The summed E-state index contributed by atoms with van der Waals surface area (Å²) in [5.74, 6) is 2.67. The molecule has 0 saturated carbocycles. The molecule has 0 aromatic carbocycles. The smallest absolute Gasteiger partial charge is 0.151 e. The third-order valence-corrected chi connectivity index (χ3v) is 4.52. The average molecular weight is 353 g/mol. The van der Waals surface area contributed by atoms with Crippen LogP contribution in [0.4, 0.5) is 0 Å². The van der Waals surface area contributed by atoms with E-state index in [1.54, 1.807) is 6.20 Å². The van der Waals surface area contributed by atoms with Crippen LogP contribution in [-0.2, 0) is 17.8 Å². The summed E-state index contributed by atoms with van der Waals surface area (Å²) in [6.45, 7) is 2.17. The van der Waals surface area contributed by atoms with Crippen molar-refractivity contribution in [1.82, 2.24) is 15.0 Å². The highest BCUT2D eigenvalue weighted by Gasteiger charge is 2.20. The third-order valence-electron chi connectivity index (χ3n) is 4.52. The van der Waals surface area contributed by atoms with Crippen LogP contribution in [0.1, 0.15) is 42.6 Å². The van der Waals surface area contributed by atoms with Gasteiger partial charge < -0.3 is 13.7 Å². The van der Waals surface area contributed by atoms with Crippen molar-refractivity contribution in [2.24, 2.45) is 0 Å². The van der Waals surface area contributed by atoms with E-state index in [9.17, 15) is 0 Å². The lowest BCUT2D eigenvalue weighted by Gasteiger charge is -2.20. The van der Waals surface area contributed by atoms with Crippen LogP contribution in [0.2, 0.25) is 0 Å². The molecule has 1 aliphatic heterocycles. The van der Waals surface area contributed by atoms with E-state index in [-0.39, 0.29) is 6.10 Å². The zero-order valence-corrected chi connectivity index (χ0v) is 14.9. The maximum absolute atomic E-state index is 5.98. The largest absolute Gasteiger partial charge is 0.462 e. The third kappa shape index (κ3) is 4.03. The second-order valence-electron chi connectivity index (χ2n) is 6.73. The van der Waals surface area contributed by atoms with Crippen molar-refractivity contribution in [3.05, 3.63) is 59.9 Å². The van der Waals surface area contributed by atoms with Gasteiger partial charge >= 0.3 is 0 Å². The minimum absolute atomic E-state index is 0.109. The van der Waals surface area contributed by atoms with Crippen molar-refractivity contribution < 1.29 is 13.7 Å². The molecule has 6 nitrogen and oxygen atoms in total. The van der Waals surface area contributed by atoms with Crippen LogP contribution in [0, 0.1) is 0 Å². The first-order valence-corrected chi connectivity index (χ1v) is 9.04. The highest BCUT2D eigenvalue weighted by Crippen LogP contribution is 2.29. The monoisotopic (exact) mass is 353 g/mol. The van der Waals surface area contributed by atoms with Gasteiger partial charge in [0.05, 0.1) is 18.8 Å². The van der Waals surface area contributed by atoms with Gasteiger partial charge in [-0.15, -0.1) is 0 Å². The van der Waals surface area contributed by atoms with Crippen molar-refractivity contribution in [1.29, 1.82) is 0 Å². The lowest BCUT2D eigenvalue weighted by molar-refractivity contribution is 0.000886. The number of hydrogen-bond acceptors (Lipinski definition) is 6. The van der Waals surface area contributed by atoms with Crippen LogP contribution in [0.5, 0.6) is 0 Å². The van der Waals surface area contributed by atoms with Gasteiger partial charge in [0, 0.05) is 18.9 Å². The zero-order valence-electron chi connectivity index (χ0n) is 14.9. The molecule has 26 heavy (non-hydrogen) atoms. The van der Waals surface area contributed by atoms with Gasteiger partial charge in [-0.25, -0.2) is 0 Å². The predicted molar refractivity (Wildman–Crippen MR) is 96.2 cm³/mol. The number of rotatable bonds is 6. The van der Waals surface area contributed by atoms with E-state index in [0.717, 1.165) is 48.1 Å². The van der Waals surface area contributed by atoms with Gasteiger partial charge in [-0.3, -0.25) is 9.88 Å². The molecule has 4 rings (SSSR count). The molecule has 0 radical (unpaired) electrons. The van der Waals surface area contributed by atoms with Gasteiger partial charge in [0.2, 0.25) is 0 Å². The first kappa shape index (κ1) is 17.0. The molecule has 0 unspecified atom stereocenters. The molecule has 6 heteroatoms. The van der Waals surface area contributed by atoms with E-state index in [0.29, 0.717) is 13.1 Å². The Labute approximate surface area is 152 Å². The van der Waals surface area contributed by atoms with Gasteiger partial charge in [-0.2, -0.15) is 0 Å². The molecule has 0 amide bonds. The van der Waals surface area contributed by atoms with E-state index in [4.69, 9.17) is 13.7 Å². The van der Waals surface area contributed by atoms with Gasteiger partial charge in [0.1, 0.15) is 23.3 Å². The molecule has 0 aliphatic carbocycles. The molecule has 3 aromatic rings. The molecule has 136 valence electrons. The summed E-state index contributed by atoms with van der Waals surface area (Å²) in [7, 11) is 2.03. The lowest BCUT2D eigenvalue weighted by atomic mass is 10.1. The van der Waals surface area contributed by atoms with E-state index in [1.807, 2.05) is 43.4 Å². The number of hydrogen-bond donors (Lipinski definition) is 0. The molecule has 1 saturated heterocycles. The maximum Gasteiger partial charge on any atom is 0.151 e. The Kier molecular flexibility index (Phi) is 5.13. The Balaban J connectivity index is 1.35. The average Bonchev–Trinajstić information content (AvgIpc) is 3.33. The molecule has 1 aliphatic rings. The summed E-state index contributed by atoms with van der Waals surface area (Å²) in [5.41, 5.74) is 1.57. The molecular weight excluding hydrogens is 330 g/mol. The SMILES string of the molecule is CN(Cc1cc(-c2ccccn2)no1)Cc1ccc([C@@H]2CCCCO2)o1. The fourth-order valence-electron chi connectivity index (χ4n) is 3.23. The second kappa shape index (κ2) is 7.85. The van der Waals surface area contributed by atoms with Gasteiger partial charge in [0.15, 0.2) is 5.76 Å². The topological polar surface area (TPSA) is 64.5 Å². The number of aromatic nitrogens is 2. The van der Waals surface area contributed by atoms with E-state index in [1.165, 1.54) is 6.42 Å². The highest BCUT2D eigenvalue weighted by atomic mass is 16.5. The van der Waals surface area contributed by atoms with Crippen LogP contribution in [0.3, 0.4) is 0 Å². The fourth-order valence-corrected chi connectivity index (χ4v) is 3.23. The van der Waals surface area contributed by atoms with Crippen LogP contribution >= 0.6 is 0 Å². The van der Waals surface area contributed by atoms with Crippen molar-refractivity contribution in [2.75, 3.05) is 13.7 Å².